The molecule has 2 aromatic carbocycles. The number of piperidine rings is 1. The number of hydrogen-bond donors (Lipinski definition) is 1. The van der Waals surface area contributed by atoms with E-state index in [1.165, 1.54) is 41.7 Å². The minimum Gasteiger partial charge on any atom is -0.478 e. The average molecular weight is 630 g/mol. The number of halogens is 4. The van der Waals surface area contributed by atoms with E-state index in [0.717, 1.165) is 49.7 Å². The first-order valence-electron chi connectivity index (χ1n) is 14.4. The molecule has 1 aliphatic carbocycles. The molecule has 13 heteroatoms. The molecule has 3 aliphatic rings. The fourth-order valence-corrected chi connectivity index (χ4v) is 7.32. The van der Waals surface area contributed by atoms with Crippen LogP contribution in [0.2, 0.25) is 0 Å². The number of rotatable bonds is 9. The quantitative estimate of drug-likeness (QED) is 0.187. The molecule has 0 radical (unpaired) electrons. The van der Waals surface area contributed by atoms with Crippen molar-refractivity contribution in [3.63, 3.8) is 0 Å². The topological polar surface area (TPSA) is 97.9 Å². The van der Waals surface area contributed by atoms with Crippen molar-refractivity contribution in [2.45, 2.75) is 75.6 Å². The van der Waals surface area contributed by atoms with Gasteiger partial charge in [-0.15, -0.1) is 24.5 Å². The third-order valence-corrected chi connectivity index (χ3v) is 9.35. The van der Waals surface area contributed by atoms with Crippen LogP contribution in [0.15, 0.2) is 52.4 Å². The van der Waals surface area contributed by atoms with Crippen molar-refractivity contribution >= 4 is 22.4 Å². The number of alkyl halides is 3. The summed E-state index contributed by atoms with van der Waals surface area (Å²) in [5, 5.41) is 15.9. The average Bonchev–Trinajstić information content (AvgIpc) is 3.45. The second-order valence-corrected chi connectivity index (χ2v) is 12.2. The van der Waals surface area contributed by atoms with Gasteiger partial charge in [-0.2, -0.15) is 0 Å². The standard InChI is InChI=1S/C31H27F4N3O5S/c32-24-11-17(29(39)40)7-10-21(24)25-15-44-30(36-25)38-18-8-9-19(38)13-20(12-18)41-14-23-27(37-43-28(23)16-5-6-16)22-3-1-2-4-26(22)42-31(33,34)35/h1-4,7,10-11,15-16,18-20H,5-6,8-9,12-14H2,(H,39,40). The van der Waals surface area contributed by atoms with Gasteiger partial charge in [-0.3, -0.25) is 0 Å². The first-order chi connectivity index (χ1) is 21.1. The van der Waals surface area contributed by atoms with E-state index in [0.29, 0.717) is 22.7 Å². The number of fused-ring (bicyclic) bond motifs is 2. The van der Waals surface area contributed by atoms with Crippen LogP contribution in [0.1, 0.15) is 66.1 Å². The summed E-state index contributed by atoms with van der Waals surface area (Å²) in [5.41, 5.74) is 1.73. The maximum absolute atomic E-state index is 14.7. The molecule has 44 heavy (non-hydrogen) atoms. The third-order valence-electron chi connectivity index (χ3n) is 8.49. The molecule has 4 heterocycles. The van der Waals surface area contributed by atoms with Gasteiger partial charge in [0, 0.05) is 40.1 Å². The lowest BCUT2D eigenvalue weighted by Gasteiger charge is -2.38. The Hall–Kier alpha value is -3.97. The summed E-state index contributed by atoms with van der Waals surface area (Å²) in [5.74, 6) is -1.35. The molecule has 230 valence electrons. The summed E-state index contributed by atoms with van der Waals surface area (Å²) in [4.78, 5) is 18.2. The van der Waals surface area contributed by atoms with Crippen LogP contribution >= 0.6 is 11.3 Å². The molecule has 8 nitrogen and oxygen atoms in total. The highest BCUT2D eigenvalue weighted by molar-refractivity contribution is 7.14. The highest BCUT2D eigenvalue weighted by atomic mass is 32.1. The predicted molar refractivity (Wildman–Crippen MR) is 152 cm³/mol. The molecule has 2 aromatic heterocycles. The number of aromatic nitrogens is 2. The number of hydrogen-bond acceptors (Lipinski definition) is 8. The Balaban J connectivity index is 1.07. The summed E-state index contributed by atoms with van der Waals surface area (Å²) >= 11 is 1.43. The number of benzene rings is 2. The highest BCUT2D eigenvalue weighted by Crippen LogP contribution is 2.47. The lowest BCUT2D eigenvalue weighted by Crippen LogP contribution is -2.45. The van der Waals surface area contributed by atoms with Crippen molar-refractivity contribution in [3.05, 3.63) is 70.5 Å². The van der Waals surface area contributed by atoms with Crippen LogP contribution in [0, 0.1) is 5.82 Å². The van der Waals surface area contributed by atoms with Crippen molar-refractivity contribution < 1.29 is 41.5 Å². The van der Waals surface area contributed by atoms with Crippen LogP contribution in [-0.2, 0) is 11.3 Å². The maximum atomic E-state index is 14.7. The zero-order valence-electron chi connectivity index (χ0n) is 23.2. The summed E-state index contributed by atoms with van der Waals surface area (Å²) in [6.45, 7) is 0.155. The second kappa shape index (κ2) is 11.2. The Bertz CT molecular complexity index is 1690. The lowest BCUT2D eigenvalue weighted by atomic mass is 10.00. The monoisotopic (exact) mass is 629 g/mol. The number of carbonyl (C=O) groups is 1. The summed E-state index contributed by atoms with van der Waals surface area (Å²) in [6.07, 6.45) is 0.300. The van der Waals surface area contributed by atoms with E-state index in [1.807, 2.05) is 0 Å². The number of nitrogens with zero attached hydrogens (tertiary/aromatic N) is 3. The van der Waals surface area contributed by atoms with Crippen LogP contribution in [0.25, 0.3) is 22.5 Å². The van der Waals surface area contributed by atoms with Gasteiger partial charge in [-0.25, -0.2) is 14.2 Å². The Kier molecular flexibility index (Phi) is 7.32. The smallest absolute Gasteiger partial charge is 0.478 e. The van der Waals surface area contributed by atoms with Gasteiger partial charge in [0.15, 0.2) is 5.13 Å². The molecule has 2 saturated heterocycles. The van der Waals surface area contributed by atoms with Crippen molar-refractivity contribution in [2.75, 3.05) is 4.90 Å². The first kappa shape index (κ1) is 28.8. The van der Waals surface area contributed by atoms with Crippen LogP contribution in [0.4, 0.5) is 22.7 Å². The number of anilines is 1. The van der Waals surface area contributed by atoms with E-state index < -0.39 is 18.1 Å². The number of thiazole rings is 1. The second-order valence-electron chi connectivity index (χ2n) is 11.4. The van der Waals surface area contributed by atoms with E-state index in [2.05, 4.69) is 14.8 Å². The molecular formula is C31H27F4N3O5S. The molecule has 1 saturated carbocycles. The minimum absolute atomic E-state index is 0.0827. The van der Waals surface area contributed by atoms with Crippen LogP contribution in [0.5, 0.6) is 5.75 Å². The highest BCUT2D eigenvalue weighted by Gasteiger charge is 2.43. The SMILES string of the molecule is O=C(O)c1ccc(-c2csc(N3C4CCC3CC(OCc3c(-c5ccccc5OC(F)(F)F)noc3C3CC3)C4)n2)c(F)c1. The molecule has 0 spiro atoms. The third kappa shape index (κ3) is 5.65. The van der Waals surface area contributed by atoms with Gasteiger partial charge in [-0.05, 0) is 68.9 Å². The number of ether oxygens (including phenoxy) is 2. The van der Waals surface area contributed by atoms with Gasteiger partial charge in [0.1, 0.15) is 23.0 Å². The fraction of sp³-hybridized carbons (Fsp3) is 0.387. The Labute approximate surface area is 253 Å². The number of aromatic carboxylic acids is 1. The van der Waals surface area contributed by atoms with E-state index in [4.69, 9.17) is 19.4 Å². The molecule has 0 amide bonds. The zero-order chi connectivity index (χ0) is 30.6. The largest absolute Gasteiger partial charge is 0.573 e. The van der Waals surface area contributed by atoms with Gasteiger partial charge >= 0.3 is 12.3 Å². The first-order valence-corrected chi connectivity index (χ1v) is 15.2. The Morgan fingerprint density at radius 2 is 1.82 bits per heavy atom. The molecular weight excluding hydrogens is 602 g/mol. The van der Waals surface area contributed by atoms with Gasteiger partial charge in [-0.1, -0.05) is 17.3 Å². The summed E-state index contributed by atoms with van der Waals surface area (Å²) < 4.78 is 70.4. The lowest BCUT2D eigenvalue weighted by molar-refractivity contribution is -0.274. The molecule has 1 N–H and O–H groups in total. The van der Waals surface area contributed by atoms with E-state index >= 15 is 0 Å². The number of carboxylic acid groups (broad SMARTS) is 1. The van der Waals surface area contributed by atoms with Gasteiger partial charge < -0.3 is 24.0 Å². The van der Waals surface area contributed by atoms with Gasteiger partial charge in [0.05, 0.1) is 24.0 Å². The number of carboxylic acids is 1. The Morgan fingerprint density at radius 3 is 2.50 bits per heavy atom. The van der Waals surface area contributed by atoms with Gasteiger partial charge in [0.25, 0.3) is 0 Å². The van der Waals surface area contributed by atoms with Crippen molar-refractivity contribution in [2.24, 2.45) is 0 Å². The van der Waals surface area contributed by atoms with Crippen molar-refractivity contribution in [1.82, 2.24) is 10.1 Å². The van der Waals surface area contributed by atoms with Crippen LogP contribution < -0.4 is 9.64 Å². The van der Waals surface area contributed by atoms with Gasteiger partial charge in [0.2, 0.25) is 0 Å². The minimum atomic E-state index is -4.85. The summed E-state index contributed by atoms with van der Waals surface area (Å²) in [6, 6.07) is 10.0. The van der Waals surface area contributed by atoms with Crippen molar-refractivity contribution in [3.8, 4) is 28.3 Å². The zero-order valence-corrected chi connectivity index (χ0v) is 24.0. The van der Waals surface area contributed by atoms with E-state index in [9.17, 15) is 22.4 Å². The molecule has 2 atom stereocenters. The summed E-state index contributed by atoms with van der Waals surface area (Å²) in [7, 11) is 0. The predicted octanol–water partition coefficient (Wildman–Crippen LogP) is 7.80. The molecule has 2 unspecified atom stereocenters. The van der Waals surface area contributed by atoms with Crippen LogP contribution in [0.3, 0.4) is 0 Å². The van der Waals surface area contributed by atoms with Crippen molar-refractivity contribution in [1.29, 1.82) is 0 Å². The molecule has 4 aromatic rings. The Morgan fingerprint density at radius 1 is 1.07 bits per heavy atom. The normalized spacial score (nSPS) is 21.5. The van der Waals surface area contributed by atoms with Crippen LogP contribution in [-0.4, -0.2) is 45.8 Å². The molecule has 7 rings (SSSR count). The molecule has 2 bridgehead atoms. The van der Waals surface area contributed by atoms with E-state index in [-0.39, 0.29) is 53.2 Å². The molecule has 2 aliphatic heterocycles. The molecule has 3 fully saturated rings. The maximum Gasteiger partial charge on any atom is 0.573 e. The van der Waals surface area contributed by atoms with E-state index in [1.54, 1.807) is 11.4 Å². The number of para-hydroxylation sites is 1. The fourth-order valence-electron chi connectivity index (χ4n) is 6.35.